The summed E-state index contributed by atoms with van der Waals surface area (Å²) in [5, 5.41) is 40.7. The molecular formula is C29H37N5O2. The molecule has 1 aromatic rings. The number of nitrogens with one attached hydrogen (secondary N) is 1. The minimum Gasteiger partial charge on any atom is -0.447 e. The molecule has 7 nitrogen and oxygen atoms in total. The van der Waals surface area contributed by atoms with Gasteiger partial charge in [0, 0.05) is 25.2 Å². The van der Waals surface area contributed by atoms with Gasteiger partial charge in [0.25, 0.3) is 0 Å². The van der Waals surface area contributed by atoms with Gasteiger partial charge in [-0.3, -0.25) is 5.41 Å². The number of ether oxygens (including phenoxy) is 2. The van der Waals surface area contributed by atoms with Crippen molar-refractivity contribution in [2.24, 2.45) is 16.7 Å². The number of nitrogens with zero attached hydrogens (tertiary/aromatic N) is 4. The van der Waals surface area contributed by atoms with Crippen molar-refractivity contribution in [2.75, 3.05) is 18.0 Å². The normalized spacial score (nSPS) is 31.8. The topological polar surface area (TPSA) is 117 Å². The summed E-state index contributed by atoms with van der Waals surface area (Å²) in [6.07, 6.45) is 8.57. The van der Waals surface area contributed by atoms with Crippen LogP contribution in [0.15, 0.2) is 24.3 Å². The molecule has 2 heterocycles. The Hall–Kier alpha value is -3.08. The van der Waals surface area contributed by atoms with Gasteiger partial charge in [0.15, 0.2) is 5.41 Å². The summed E-state index contributed by atoms with van der Waals surface area (Å²) < 4.78 is 12.9. The van der Waals surface area contributed by atoms with Crippen molar-refractivity contribution in [1.82, 2.24) is 0 Å². The fourth-order valence-electron chi connectivity index (χ4n) is 6.67. The van der Waals surface area contributed by atoms with E-state index >= 15 is 0 Å². The van der Waals surface area contributed by atoms with Gasteiger partial charge in [0.2, 0.25) is 17.1 Å². The summed E-state index contributed by atoms with van der Waals surface area (Å²) in [6.45, 7) is 5.92. The lowest BCUT2D eigenvalue weighted by Gasteiger charge is -2.50. The highest BCUT2D eigenvalue weighted by Crippen LogP contribution is 2.68. The Labute approximate surface area is 215 Å². The number of anilines is 1. The average Bonchev–Trinajstić information content (AvgIpc) is 3.07. The molecule has 4 rings (SSSR count). The maximum Gasteiger partial charge on any atom is 0.217 e. The molecule has 4 unspecified atom stereocenters. The van der Waals surface area contributed by atoms with Crippen LogP contribution in [0.2, 0.25) is 0 Å². The third kappa shape index (κ3) is 3.84. The van der Waals surface area contributed by atoms with Crippen molar-refractivity contribution >= 4 is 11.6 Å². The van der Waals surface area contributed by atoms with Crippen molar-refractivity contribution in [3.8, 4) is 18.2 Å². The number of nitriles is 3. The van der Waals surface area contributed by atoms with E-state index in [0.29, 0.717) is 18.4 Å². The number of benzene rings is 1. The predicted molar refractivity (Wildman–Crippen MR) is 137 cm³/mol. The molecule has 0 radical (unpaired) electrons. The Kier molecular flexibility index (Phi) is 7.58. The van der Waals surface area contributed by atoms with Gasteiger partial charge >= 0.3 is 0 Å². The van der Waals surface area contributed by atoms with Gasteiger partial charge in [-0.15, -0.1) is 0 Å². The molecule has 2 aliphatic heterocycles. The van der Waals surface area contributed by atoms with E-state index in [1.54, 1.807) is 0 Å². The van der Waals surface area contributed by atoms with E-state index in [2.05, 4.69) is 37.0 Å². The summed E-state index contributed by atoms with van der Waals surface area (Å²) in [6, 6.07) is 14.5. The van der Waals surface area contributed by atoms with E-state index in [1.165, 1.54) is 12.8 Å². The van der Waals surface area contributed by atoms with Crippen molar-refractivity contribution in [3.05, 3.63) is 29.8 Å². The number of rotatable bonds is 4. The molecule has 0 spiro atoms. The van der Waals surface area contributed by atoms with E-state index in [0.717, 1.165) is 57.3 Å². The summed E-state index contributed by atoms with van der Waals surface area (Å²) in [5.74, 6) is -1.99. The van der Waals surface area contributed by atoms with Crippen LogP contribution < -0.4 is 4.90 Å². The Balaban J connectivity index is 1.83. The molecule has 3 aliphatic rings. The van der Waals surface area contributed by atoms with E-state index in [9.17, 15) is 15.8 Å². The molecule has 190 valence electrons. The first kappa shape index (κ1) is 26.0. The molecule has 1 aliphatic carbocycles. The summed E-state index contributed by atoms with van der Waals surface area (Å²) in [7, 11) is 0. The summed E-state index contributed by atoms with van der Waals surface area (Å²) >= 11 is 0. The second kappa shape index (κ2) is 10.5. The Morgan fingerprint density at radius 2 is 1.47 bits per heavy atom. The zero-order valence-corrected chi connectivity index (χ0v) is 21.6. The van der Waals surface area contributed by atoms with E-state index < -0.39 is 28.6 Å². The molecule has 4 atom stereocenters. The molecule has 0 amide bonds. The quantitative estimate of drug-likeness (QED) is 0.526. The molecule has 1 aromatic carbocycles. The third-order valence-electron chi connectivity index (χ3n) is 8.64. The van der Waals surface area contributed by atoms with Gasteiger partial charge in [-0.1, -0.05) is 57.1 Å². The van der Waals surface area contributed by atoms with Crippen LogP contribution in [0.1, 0.15) is 89.7 Å². The summed E-state index contributed by atoms with van der Waals surface area (Å²) in [5.41, 5.74) is -1.86. The van der Waals surface area contributed by atoms with Crippen LogP contribution >= 0.6 is 0 Å². The SMILES string of the molecule is CCN(CC)c1ccc(C2OC34CCCCCCCCCCC3C(C#N)(C(=N)O4)C2(C#N)C#N)cc1. The van der Waals surface area contributed by atoms with Gasteiger partial charge in [-0.05, 0) is 44.4 Å². The molecule has 7 heteroatoms. The molecule has 1 N–H and O–H groups in total. The molecule has 1 saturated carbocycles. The van der Waals surface area contributed by atoms with Gasteiger partial charge < -0.3 is 14.4 Å². The fraction of sp³-hybridized carbons (Fsp3) is 0.655. The zero-order chi connectivity index (χ0) is 25.8. The smallest absolute Gasteiger partial charge is 0.217 e. The highest BCUT2D eigenvalue weighted by atomic mass is 16.7. The first-order chi connectivity index (χ1) is 17.5. The first-order valence-corrected chi connectivity index (χ1v) is 13.5. The second-order valence-corrected chi connectivity index (χ2v) is 10.4. The highest BCUT2D eigenvalue weighted by molar-refractivity contribution is 5.89. The molecule has 2 bridgehead atoms. The lowest BCUT2D eigenvalue weighted by molar-refractivity contribution is -0.287. The molecule has 3 fully saturated rings. The largest absolute Gasteiger partial charge is 0.447 e. The molecule has 0 aromatic heterocycles. The van der Waals surface area contributed by atoms with Gasteiger partial charge in [0.1, 0.15) is 6.10 Å². The lowest BCUT2D eigenvalue weighted by Crippen LogP contribution is -2.59. The van der Waals surface area contributed by atoms with Gasteiger partial charge in [-0.2, -0.15) is 15.8 Å². The van der Waals surface area contributed by atoms with Gasteiger partial charge in [0.05, 0.1) is 24.1 Å². The standard InChI is InChI=1S/C29H37N5O2/c1-3-34(4-2)23-16-14-22(15-17-23)25-27(19-30,20-31)28(21-32)24-13-11-9-7-5-6-8-10-12-18-29(24,35-25)36-26(28)33/h14-17,24-25,33H,3-13,18H2,1-2H3. The minimum atomic E-state index is -1.89. The maximum absolute atomic E-state index is 10.7. The van der Waals surface area contributed by atoms with Crippen LogP contribution in [-0.2, 0) is 9.47 Å². The molecule has 36 heavy (non-hydrogen) atoms. The van der Waals surface area contributed by atoms with E-state index in [-0.39, 0.29) is 5.90 Å². The fourth-order valence-corrected chi connectivity index (χ4v) is 6.67. The Morgan fingerprint density at radius 3 is 2.03 bits per heavy atom. The predicted octanol–water partition coefficient (Wildman–Crippen LogP) is 6.38. The lowest BCUT2D eigenvalue weighted by atomic mass is 9.52. The van der Waals surface area contributed by atoms with Crippen LogP contribution in [-0.4, -0.2) is 24.8 Å². The molecular weight excluding hydrogens is 450 g/mol. The van der Waals surface area contributed by atoms with E-state index in [4.69, 9.17) is 14.9 Å². The van der Waals surface area contributed by atoms with Crippen molar-refractivity contribution < 1.29 is 9.47 Å². The van der Waals surface area contributed by atoms with Crippen LogP contribution in [0.25, 0.3) is 0 Å². The Morgan fingerprint density at radius 1 is 0.889 bits per heavy atom. The summed E-state index contributed by atoms with van der Waals surface area (Å²) in [4.78, 5) is 2.22. The second-order valence-electron chi connectivity index (χ2n) is 10.4. The van der Waals surface area contributed by atoms with Crippen LogP contribution in [0.3, 0.4) is 0 Å². The van der Waals surface area contributed by atoms with Crippen LogP contribution in [0.4, 0.5) is 5.69 Å². The highest BCUT2D eigenvalue weighted by Gasteiger charge is 2.79. The third-order valence-corrected chi connectivity index (χ3v) is 8.64. The van der Waals surface area contributed by atoms with E-state index in [1.807, 2.05) is 24.3 Å². The van der Waals surface area contributed by atoms with Crippen LogP contribution in [0, 0.1) is 56.2 Å². The first-order valence-electron chi connectivity index (χ1n) is 13.5. The van der Waals surface area contributed by atoms with Crippen molar-refractivity contribution in [3.63, 3.8) is 0 Å². The van der Waals surface area contributed by atoms with Crippen molar-refractivity contribution in [2.45, 2.75) is 89.9 Å². The Bertz CT molecular complexity index is 1060. The minimum absolute atomic E-state index is 0.282. The van der Waals surface area contributed by atoms with Crippen molar-refractivity contribution in [1.29, 1.82) is 21.2 Å². The average molecular weight is 488 g/mol. The van der Waals surface area contributed by atoms with Crippen LogP contribution in [0.5, 0.6) is 0 Å². The number of hydrogen-bond acceptors (Lipinski definition) is 7. The number of hydrogen-bond donors (Lipinski definition) is 1. The monoisotopic (exact) mass is 487 g/mol. The molecule has 2 saturated heterocycles. The van der Waals surface area contributed by atoms with Gasteiger partial charge in [-0.25, -0.2) is 0 Å². The zero-order valence-electron chi connectivity index (χ0n) is 21.6. The maximum atomic E-state index is 10.7.